The molecule has 2 nitrogen and oxygen atoms in total. The number of hydrogen-bond acceptors (Lipinski definition) is 2. The van der Waals surface area contributed by atoms with E-state index in [2.05, 4.69) is 27.2 Å². The van der Waals surface area contributed by atoms with Crippen LogP contribution in [-0.2, 0) is 9.53 Å². The minimum Gasteiger partial charge on any atom is -0.465 e. The first-order chi connectivity index (χ1) is 5.99. The van der Waals surface area contributed by atoms with E-state index >= 15 is 0 Å². The van der Waals surface area contributed by atoms with E-state index in [0.29, 0.717) is 4.48 Å². The van der Waals surface area contributed by atoms with Crippen molar-refractivity contribution in [3.63, 3.8) is 0 Å². The SMILES string of the molecule is C=C(/C=C\C(F)=C(/C)Br)C(=O)OC. The molecule has 0 spiro atoms. The first kappa shape index (κ1) is 12.1. The molecule has 0 aliphatic heterocycles. The maximum absolute atomic E-state index is 12.8. The summed E-state index contributed by atoms with van der Waals surface area (Å²) in [6.45, 7) is 4.95. The quantitative estimate of drug-likeness (QED) is 0.436. The van der Waals surface area contributed by atoms with Crippen LogP contribution in [0.1, 0.15) is 6.92 Å². The third kappa shape index (κ3) is 4.62. The summed E-state index contributed by atoms with van der Waals surface area (Å²) >= 11 is 2.95. The van der Waals surface area contributed by atoms with Crippen molar-refractivity contribution in [2.45, 2.75) is 6.92 Å². The van der Waals surface area contributed by atoms with E-state index < -0.39 is 11.8 Å². The molecule has 0 heterocycles. The van der Waals surface area contributed by atoms with Gasteiger partial charge < -0.3 is 4.74 Å². The van der Waals surface area contributed by atoms with Crippen molar-refractivity contribution in [2.24, 2.45) is 0 Å². The van der Waals surface area contributed by atoms with Crippen molar-refractivity contribution in [3.8, 4) is 0 Å². The number of hydrogen-bond donors (Lipinski definition) is 0. The highest BCUT2D eigenvalue weighted by atomic mass is 79.9. The third-order valence-corrected chi connectivity index (χ3v) is 1.59. The predicted molar refractivity (Wildman–Crippen MR) is 53.0 cm³/mol. The molecule has 0 aliphatic carbocycles. The lowest BCUT2D eigenvalue weighted by Gasteiger charge is -1.95. The number of carbonyl (C=O) groups excluding carboxylic acids is 1. The predicted octanol–water partition coefficient (Wildman–Crippen LogP) is 2.87. The molecule has 0 saturated heterocycles. The Balaban J connectivity index is 4.38. The van der Waals surface area contributed by atoms with E-state index in [-0.39, 0.29) is 5.57 Å². The lowest BCUT2D eigenvalue weighted by molar-refractivity contribution is -0.135. The van der Waals surface area contributed by atoms with Crippen LogP contribution in [0, 0.1) is 0 Å². The molecule has 13 heavy (non-hydrogen) atoms. The van der Waals surface area contributed by atoms with Gasteiger partial charge >= 0.3 is 5.97 Å². The standard InChI is InChI=1S/C9H10BrFO2/c1-6(9(12)13-3)4-5-8(11)7(2)10/h4-5H,1H2,2-3H3/b5-4-,8-7-. The van der Waals surface area contributed by atoms with Crippen molar-refractivity contribution in [2.75, 3.05) is 7.11 Å². The Kier molecular flexibility index (Phi) is 5.30. The van der Waals surface area contributed by atoms with Crippen molar-refractivity contribution < 1.29 is 13.9 Å². The van der Waals surface area contributed by atoms with Gasteiger partial charge in [0.25, 0.3) is 0 Å². The summed E-state index contributed by atoms with van der Waals surface area (Å²) in [5.41, 5.74) is 0.103. The van der Waals surface area contributed by atoms with Crippen LogP contribution in [0.4, 0.5) is 4.39 Å². The van der Waals surface area contributed by atoms with Gasteiger partial charge in [0.2, 0.25) is 0 Å². The zero-order valence-corrected chi connectivity index (χ0v) is 9.02. The molecule has 0 aromatic heterocycles. The second kappa shape index (κ2) is 5.70. The van der Waals surface area contributed by atoms with Crippen LogP contribution >= 0.6 is 15.9 Å². The van der Waals surface area contributed by atoms with Gasteiger partial charge in [-0.2, -0.15) is 0 Å². The second-order valence-electron chi connectivity index (χ2n) is 2.23. The molecule has 0 radical (unpaired) electrons. The molecule has 0 bridgehead atoms. The first-order valence-electron chi connectivity index (χ1n) is 3.46. The fourth-order valence-electron chi connectivity index (χ4n) is 0.488. The van der Waals surface area contributed by atoms with E-state index in [1.54, 1.807) is 6.92 Å². The molecular weight excluding hydrogens is 239 g/mol. The minimum absolute atomic E-state index is 0.103. The molecule has 0 aromatic carbocycles. The van der Waals surface area contributed by atoms with Crippen LogP contribution in [0.2, 0.25) is 0 Å². The normalized spacial score (nSPS) is 12.6. The Bertz CT molecular complexity index is 275. The summed E-state index contributed by atoms with van der Waals surface area (Å²) in [7, 11) is 1.24. The first-order valence-corrected chi connectivity index (χ1v) is 4.25. The number of allylic oxidation sites excluding steroid dienone is 3. The van der Waals surface area contributed by atoms with E-state index in [4.69, 9.17) is 0 Å². The van der Waals surface area contributed by atoms with Crippen LogP contribution in [0.25, 0.3) is 0 Å². The maximum atomic E-state index is 12.8. The highest BCUT2D eigenvalue weighted by Gasteiger charge is 2.02. The molecule has 0 atom stereocenters. The largest absolute Gasteiger partial charge is 0.465 e. The van der Waals surface area contributed by atoms with Gasteiger partial charge in [-0.15, -0.1) is 0 Å². The second-order valence-corrected chi connectivity index (χ2v) is 3.42. The lowest BCUT2D eigenvalue weighted by Crippen LogP contribution is -2.00. The van der Waals surface area contributed by atoms with Gasteiger partial charge in [0, 0.05) is 4.48 Å². The molecule has 0 rings (SSSR count). The Morgan fingerprint density at radius 2 is 2.08 bits per heavy atom. The van der Waals surface area contributed by atoms with Crippen LogP contribution < -0.4 is 0 Å². The number of esters is 1. The number of rotatable bonds is 3. The third-order valence-electron chi connectivity index (χ3n) is 1.21. The molecule has 0 N–H and O–H groups in total. The van der Waals surface area contributed by atoms with Crippen molar-refractivity contribution >= 4 is 21.9 Å². The van der Waals surface area contributed by atoms with E-state index in [1.807, 2.05) is 0 Å². The Morgan fingerprint density at radius 3 is 2.46 bits per heavy atom. The summed E-state index contributed by atoms with van der Waals surface area (Å²) in [6.07, 6.45) is 2.40. The molecule has 0 unspecified atom stereocenters. The molecule has 0 fully saturated rings. The molecule has 0 amide bonds. The fraction of sp³-hybridized carbons (Fsp3) is 0.222. The van der Waals surface area contributed by atoms with Gasteiger partial charge in [-0.3, -0.25) is 0 Å². The van der Waals surface area contributed by atoms with E-state index in [0.717, 1.165) is 6.08 Å². The molecule has 4 heteroatoms. The highest BCUT2D eigenvalue weighted by molar-refractivity contribution is 9.11. The summed E-state index contributed by atoms with van der Waals surface area (Å²) < 4.78 is 17.5. The summed E-state index contributed by atoms with van der Waals surface area (Å²) in [6, 6.07) is 0. The number of carbonyl (C=O) groups is 1. The van der Waals surface area contributed by atoms with Crippen molar-refractivity contribution in [3.05, 3.63) is 34.6 Å². The number of methoxy groups -OCH3 is 1. The highest BCUT2D eigenvalue weighted by Crippen LogP contribution is 2.13. The topological polar surface area (TPSA) is 26.3 Å². The average molecular weight is 249 g/mol. The van der Waals surface area contributed by atoms with Crippen molar-refractivity contribution in [1.29, 1.82) is 0 Å². The van der Waals surface area contributed by atoms with Gasteiger partial charge in [0.1, 0.15) is 5.83 Å². The Hall–Kier alpha value is -0.900. The van der Waals surface area contributed by atoms with Gasteiger partial charge in [0.15, 0.2) is 0 Å². The van der Waals surface area contributed by atoms with Crippen LogP contribution in [-0.4, -0.2) is 13.1 Å². The van der Waals surface area contributed by atoms with Gasteiger partial charge in [-0.05, 0) is 19.1 Å². The average Bonchev–Trinajstić information content (AvgIpc) is 2.11. The van der Waals surface area contributed by atoms with Crippen molar-refractivity contribution in [1.82, 2.24) is 0 Å². The van der Waals surface area contributed by atoms with Gasteiger partial charge in [0.05, 0.1) is 12.7 Å². The number of ether oxygens (including phenoxy) is 1. The van der Waals surface area contributed by atoms with E-state index in [9.17, 15) is 9.18 Å². The number of halogens is 2. The Labute approximate surface area is 84.9 Å². The summed E-state index contributed by atoms with van der Waals surface area (Å²) in [5, 5.41) is 0. The zero-order valence-electron chi connectivity index (χ0n) is 7.43. The molecule has 0 saturated carbocycles. The summed E-state index contributed by atoms with van der Waals surface area (Å²) in [5.74, 6) is -1.03. The molecular formula is C9H10BrFO2. The Morgan fingerprint density at radius 1 is 1.54 bits per heavy atom. The maximum Gasteiger partial charge on any atom is 0.337 e. The monoisotopic (exact) mass is 248 g/mol. The molecule has 72 valence electrons. The zero-order chi connectivity index (χ0) is 10.4. The lowest BCUT2D eigenvalue weighted by atomic mass is 10.2. The van der Waals surface area contributed by atoms with Gasteiger partial charge in [-0.25, -0.2) is 9.18 Å². The smallest absolute Gasteiger partial charge is 0.337 e. The van der Waals surface area contributed by atoms with Gasteiger partial charge in [-0.1, -0.05) is 22.5 Å². The van der Waals surface area contributed by atoms with Crippen LogP contribution in [0.5, 0.6) is 0 Å². The van der Waals surface area contributed by atoms with E-state index in [1.165, 1.54) is 13.2 Å². The summed E-state index contributed by atoms with van der Waals surface area (Å²) in [4.78, 5) is 10.8. The molecule has 0 aromatic rings. The van der Waals surface area contributed by atoms with Crippen LogP contribution in [0.3, 0.4) is 0 Å². The fourth-order valence-corrected chi connectivity index (χ4v) is 0.620. The molecule has 0 aliphatic rings. The minimum atomic E-state index is -0.573. The van der Waals surface area contributed by atoms with Crippen LogP contribution in [0.15, 0.2) is 34.6 Å².